The Bertz CT molecular complexity index is 633. The lowest BCUT2D eigenvalue weighted by molar-refractivity contribution is 0.0950. The molecule has 1 N–H and O–H groups in total. The molecular weight excluding hydrogens is 290 g/mol. The number of nitrogens with zero attached hydrogens (tertiary/aromatic N) is 2. The number of anilines is 1. The number of hydrogen-bond donors (Lipinski definition) is 1. The zero-order valence-electron chi connectivity index (χ0n) is 13.5. The van der Waals surface area contributed by atoms with Gasteiger partial charge in [0.05, 0.1) is 11.8 Å². The molecule has 0 aromatic carbocycles. The van der Waals surface area contributed by atoms with E-state index >= 15 is 0 Å². The van der Waals surface area contributed by atoms with Crippen molar-refractivity contribution in [3.63, 3.8) is 0 Å². The fraction of sp³-hybridized carbons (Fsp3) is 0.444. The first-order valence-corrected chi connectivity index (χ1v) is 8.23. The zero-order chi connectivity index (χ0) is 16.1. The van der Waals surface area contributed by atoms with Crippen LogP contribution in [0.1, 0.15) is 48.0 Å². The van der Waals surface area contributed by atoms with E-state index in [2.05, 4.69) is 22.2 Å². The van der Waals surface area contributed by atoms with Gasteiger partial charge in [-0.1, -0.05) is 25.3 Å². The van der Waals surface area contributed by atoms with E-state index in [4.69, 9.17) is 4.42 Å². The third-order valence-electron chi connectivity index (χ3n) is 4.55. The van der Waals surface area contributed by atoms with Gasteiger partial charge in [0.2, 0.25) is 0 Å². The summed E-state index contributed by atoms with van der Waals surface area (Å²) >= 11 is 0. The molecule has 23 heavy (non-hydrogen) atoms. The zero-order valence-corrected chi connectivity index (χ0v) is 13.5. The van der Waals surface area contributed by atoms with Crippen LogP contribution in [0.3, 0.4) is 0 Å². The normalized spacial score (nSPS) is 15.3. The number of furan rings is 1. The van der Waals surface area contributed by atoms with Gasteiger partial charge in [0, 0.05) is 31.4 Å². The minimum Gasteiger partial charge on any atom is -0.472 e. The van der Waals surface area contributed by atoms with E-state index in [1.54, 1.807) is 6.07 Å². The molecule has 1 amide bonds. The number of aromatic nitrogens is 1. The van der Waals surface area contributed by atoms with E-state index in [-0.39, 0.29) is 5.91 Å². The first-order chi connectivity index (χ1) is 11.3. The van der Waals surface area contributed by atoms with E-state index in [9.17, 15) is 4.79 Å². The molecule has 1 fully saturated rings. The molecular formula is C18H23N3O2. The summed E-state index contributed by atoms with van der Waals surface area (Å²) in [6, 6.07) is 6.14. The lowest BCUT2D eigenvalue weighted by Gasteiger charge is -2.33. The lowest BCUT2D eigenvalue weighted by atomic mass is 9.94. The molecule has 5 heteroatoms. The van der Waals surface area contributed by atoms with Crippen molar-refractivity contribution in [2.45, 2.75) is 44.7 Å². The summed E-state index contributed by atoms with van der Waals surface area (Å²) in [5.41, 5.74) is 1.58. The molecule has 5 nitrogen and oxygen atoms in total. The predicted octanol–water partition coefficient (Wildman–Crippen LogP) is 3.37. The molecule has 2 heterocycles. The van der Waals surface area contributed by atoms with Crippen molar-refractivity contribution >= 4 is 11.7 Å². The van der Waals surface area contributed by atoms with E-state index < -0.39 is 0 Å². The fourth-order valence-corrected chi connectivity index (χ4v) is 3.20. The first-order valence-electron chi connectivity index (χ1n) is 8.23. The lowest BCUT2D eigenvalue weighted by Crippen LogP contribution is -2.35. The number of hydrogen-bond acceptors (Lipinski definition) is 4. The van der Waals surface area contributed by atoms with Gasteiger partial charge in [-0.2, -0.15) is 0 Å². The summed E-state index contributed by atoms with van der Waals surface area (Å²) in [6.07, 6.45) is 11.1. The van der Waals surface area contributed by atoms with Crippen LogP contribution in [0.5, 0.6) is 0 Å². The maximum Gasteiger partial charge on any atom is 0.254 e. The summed E-state index contributed by atoms with van der Waals surface area (Å²) in [7, 11) is 2.11. The third kappa shape index (κ3) is 3.73. The highest BCUT2D eigenvalue weighted by Gasteiger charge is 2.21. The number of amides is 1. The smallest absolute Gasteiger partial charge is 0.254 e. The first kappa shape index (κ1) is 15.6. The second kappa shape index (κ2) is 7.31. The highest BCUT2D eigenvalue weighted by atomic mass is 16.3. The molecule has 0 saturated heterocycles. The van der Waals surface area contributed by atoms with Crippen LogP contribution >= 0.6 is 0 Å². The van der Waals surface area contributed by atoms with Crippen LogP contribution in [0.25, 0.3) is 0 Å². The summed E-state index contributed by atoms with van der Waals surface area (Å²) in [4.78, 5) is 18.9. The Morgan fingerprint density at radius 2 is 2.17 bits per heavy atom. The highest BCUT2D eigenvalue weighted by molar-refractivity contribution is 5.93. The average molecular weight is 313 g/mol. The molecule has 0 bridgehead atoms. The molecule has 1 aliphatic carbocycles. The van der Waals surface area contributed by atoms with E-state index in [0.29, 0.717) is 18.2 Å². The number of pyridine rings is 1. The Morgan fingerprint density at radius 1 is 1.35 bits per heavy atom. The van der Waals surface area contributed by atoms with E-state index in [1.807, 2.05) is 18.3 Å². The van der Waals surface area contributed by atoms with E-state index in [1.165, 1.54) is 44.6 Å². The number of carbonyl (C=O) groups is 1. The van der Waals surface area contributed by atoms with Gasteiger partial charge >= 0.3 is 0 Å². The van der Waals surface area contributed by atoms with Gasteiger partial charge in [-0.05, 0) is 25.0 Å². The number of carbonyl (C=O) groups excluding carboxylic acids is 1. The molecule has 122 valence electrons. The Labute approximate surface area is 136 Å². The van der Waals surface area contributed by atoms with Crippen LogP contribution in [0.4, 0.5) is 5.82 Å². The average Bonchev–Trinajstić information content (AvgIpc) is 3.15. The summed E-state index contributed by atoms with van der Waals surface area (Å²) in [5, 5.41) is 2.93. The van der Waals surface area contributed by atoms with Crippen LogP contribution in [-0.2, 0) is 6.54 Å². The standard InChI is InChI=1S/C18H23N3O2/c1-21(16-7-3-2-4-8-16)17-14(6-5-10-19-17)12-20-18(22)15-9-11-23-13-15/h5-6,9-11,13,16H,2-4,7-8,12H2,1H3,(H,20,22). The Morgan fingerprint density at radius 3 is 2.91 bits per heavy atom. The molecule has 2 aromatic heterocycles. The molecule has 3 rings (SSSR count). The van der Waals surface area contributed by atoms with Crippen LogP contribution in [0.15, 0.2) is 41.3 Å². The second-order valence-electron chi connectivity index (χ2n) is 6.08. The monoisotopic (exact) mass is 313 g/mol. The molecule has 0 spiro atoms. The second-order valence-corrected chi connectivity index (χ2v) is 6.08. The van der Waals surface area contributed by atoms with Crippen molar-refractivity contribution in [1.29, 1.82) is 0 Å². The maximum atomic E-state index is 12.1. The predicted molar refractivity (Wildman–Crippen MR) is 89.4 cm³/mol. The number of rotatable bonds is 5. The Hall–Kier alpha value is -2.30. The van der Waals surface area contributed by atoms with Gasteiger partial charge in [-0.15, -0.1) is 0 Å². The SMILES string of the molecule is CN(c1ncccc1CNC(=O)c1ccoc1)C1CCCCC1. The Kier molecular flexibility index (Phi) is 4.95. The van der Waals surface area contributed by atoms with E-state index in [0.717, 1.165) is 11.4 Å². The maximum absolute atomic E-state index is 12.1. The summed E-state index contributed by atoms with van der Waals surface area (Å²) < 4.78 is 4.95. The highest BCUT2D eigenvalue weighted by Crippen LogP contribution is 2.26. The molecule has 0 aliphatic heterocycles. The van der Waals surface area contributed by atoms with Crippen LogP contribution in [0, 0.1) is 0 Å². The van der Waals surface area contributed by atoms with Crippen molar-refractivity contribution in [3.05, 3.63) is 48.0 Å². The van der Waals surface area contributed by atoms with Crippen LogP contribution < -0.4 is 10.2 Å². The van der Waals surface area contributed by atoms with Gasteiger partial charge < -0.3 is 14.6 Å². The molecule has 0 atom stereocenters. The molecule has 1 saturated carbocycles. The van der Waals surface area contributed by atoms with Crippen LogP contribution in [-0.4, -0.2) is 24.0 Å². The van der Waals surface area contributed by atoms with Gasteiger partial charge in [0.15, 0.2) is 0 Å². The molecule has 0 radical (unpaired) electrons. The fourth-order valence-electron chi connectivity index (χ4n) is 3.20. The topological polar surface area (TPSA) is 58.4 Å². The van der Waals surface area contributed by atoms with Gasteiger partial charge in [0.1, 0.15) is 12.1 Å². The number of nitrogens with one attached hydrogen (secondary N) is 1. The molecule has 1 aliphatic rings. The van der Waals surface area contributed by atoms with Crippen molar-refractivity contribution in [2.75, 3.05) is 11.9 Å². The summed E-state index contributed by atoms with van der Waals surface area (Å²) in [5.74, 6) is 0.834. The Balaban J connectivity index is 1.68. The van der Waals surface area contributed by atoms with Crippen molar-refractivity contribution in [3.8, 4) is 0 Å². The molecule has 2 aromatic rings. The molecule has 0 unspecified atom stereocenters. The third-order valence-corrected chi connectivity index (χ3v) is 4.55. The minimum atomic E-state index is -0.131. The van der Waals surface area contributed by atoms with Crippen molar-refractivity contribution in [1.82, 2.24) is 10.3 Å². The largest absolute Gasteiger partial charge is 0.472 e. The van der Waals surface area contributed by atoms with Gasteiger partial charge in [-0.25, -0.2) is 4.98 Å². The van der Waals surface area contributed by atoms with Crippen LogP contribution in [0.2, 0.25) is 0 Å². The quantitative estimate of drug-likeness (QED) is 0.919. The van der Waals surface area contributed by atoms with Crippen molar-refractivity contribution < 1.29 is 9.21 Å². The summed E-state index contributed by atoms with van der Waals surface area (Å²) in [6.45, 7) is 0.463. The van der Waals surface area contributed by atoms with Gasteiger partial charge in [0.25, 0.3) is 5.91 Å². The minimum absolute atomic E-state index is 0.131. The van der Waals surface area contributed by atoms with Gasteiger partial charge in [-0.3, -0.25) is 4.79 Å². The van der Waals surface area contributed by atoms with Crippen molar-refractivity contribution in [2.24, 2.45) is 0 Å².